The van der Waals surface area contributed by atoms with Crippen molar-refractivity contribution in [2.45, 2.75) is 19.8 Å². The highest BCUT2D eigenvalue weighted by Crippen LogP contribution is 2.31. The van der Waals surface area contributed by atoms with E-state index in [0.717, 1.165) is 29.5 Å². The van der Waals surface area contributed by atoms with E-state index in [0.29, 0.717) is 30.5 Å². The van der Waals surface area contributed by atoms with Gasteiger partial charge in [-0.3, -0.25) is 4.79 Å². The number of nitrogens with two attached hydrogens (primary N) is 1. The van der Waals surface area contributed by atoms with Crippen LogP contribution in [0.1, 0.15) is 19.8 Å². The number of ether oxygens (including phenoxy) is 1. The zero-order valence-electron chi connectivity index (χ0n) is 14.6. The first-order valence-corrected chi connectivity index (χ1v) is 9.42. The number of hydrogen-bond donors (Lipinski definition) is 2. The molecule has 0 spiro atoms. The lowest BCUT2D eigenvalue weighted by atomic mass is 9.98. The van der Waals surface area contributed by atoms with Crippen molar-refractivity contribution in [2.75, 3.05) is 35.6 Å². The zero-order valence-corrected chi connectivity index (χ0v) is 16.2. The minimum atomic E-state index is -0.155. The van der Waals surface area contributed by atoms with Crippen molar-refractivity contribution in [2.24, 2.45) is 5.92 Å². The predicted octanol–water partition coefficient (Wildman–Crippen LogP) is 3.34. The molecule has 1 aromatic heterocycles. The molecule has 7 nitrogen and oxygen atoms in total. The number of nitrogen functional groups attached to an aromatic ring is 1. The van der Waals surface area contributed by atoms with Crippen molar-refractivity contribution < 1.29 is 9.53 Å². The molecule has 138 valence electrons. The van der Waals surface area contributed by atoms with Crippen LogP contribution < -0.4 is 16.0 Å². The lowest BCUT2D eigenvalue weighted by Gasteiger charge is -2.33. The van der Waals surface area contributed by atoms with Crippen molar-refractivity contribution >= 4 is 44.9 Å². The number of nitrogens with zero attached hydrogens (tertiary/aromatic N) is 3. The van der Waals surface area contributed by atoms with E-state index in [1.165, 1.54) is 6.33 Å². The highest BCUT2D eigenvalue weighted by atomic mass is 79.9. The van der Waals surface area contributed by atoms with Gasteiger partial charge in [0, 0.05) is 23.2 Å². The van der Waals surface area contributed by atoms with E-state index < -0.39 is 0 Å². The second-order valence-corrected chi connectivity index (χ2v) is 7.04. The average Bonchev–Trinajstić information content (AvgIpc) is 2.65. The molecule has 26 heavy (non-hydrogen) atoms. The third-order valence-electron chi connectivity index (χ3n) is 4.31. The minimum Gasteiger partial charge on any atom is -0.466 e. The van der Waals surface area contributed by atoms with E-state index in [4.69, 9.17) is 10.5 Å². The number of nitrogens with one attached hydrogen (secondary N) is 1. The molecular weight excluding hydrogens is 398 g/mol. The number of rotatable bonds is 5. The van der Waals surface area contributed by atoms with Gasteiger partial charge in [0.2, 0.25) is 0 Å². The van der Waals surface area contributed by atoms with Crippen molar-refractivity contribution in [1.82, 2.24) is 9.97 Å². The summed E-state index contributed by atoms with van der Waals surface area (Å²) in [5.41, 5.74) is 7.67. The summed E-state index contributed by atoms with van der Waals surface area (Å²) in [5.74, 6) is 0.892. The van der Waals surface area contributed by atoms with Crippen LogP contribution in [-0.2, 0) is 9.53 Å². The minimum absolute atomic E-state index is 0.152. The Morgan fingerprint density at radius 1 is 1.38 bits per heavy atom. The van der Waals surface area contributed by atoms with Crippen molar-refractivity contribution in [1.29, 1.82) is 0 Å². The normalized spacial score (nSPS) is 17.0. The third kappa shape index (κ3) is 4.24. The van der Waals surface area contributed by atoms with Gasteiger partial charge >= 0.3 is 5.97 Å². The lowest BCUT2D eigenvalue weighted by Crippen LogP contribution is -2.40. The summed E-state index contributed by atoms with van der Waals surface area (Å²) < 4.78 is 6.16. The van der Waals surface area contributed by atoms with E-state index in [2.05, 4.69) is 31.2 Å². The molecule has 0 saturated carbocycles. The maximum atomic E-state index is 12.1. The molecule has 3 rings (SSSR count). The number of carbonyl (C=O) groups excluding carboxylic acids is 1. The lowest BCUT2D eigenvalue weighted by molar-refractivity contribution is -0.148. The van der Waals surface area contributed by atoms with Crippen molar-refractivity contribution in [3.63, 3.8) is 0 Å². The molecule has 0 amide bonds. The van der Waals surface area contributed by atoms with Crippen LogP contribution in [0.4, 0.5) is 23.0 Å². The Morgan fingerprint density at radius 3 is 2.88 bits per heavy atom. The van der Waals surface area contributed by atoms with Crippen LogP contribution in [0.2, 0.25) is 0 Å². The Kier molecular flexibility index (Phi) is 5.92. The van der Waals surface area contributed by atoms with Crippen LogP contribution in [0, 0.1) is 5.92 Å². The number of esters is 1. The molecule has 1 aliphatic heterocycles. The molecule has 2 heterocycles. The van der Waals surface area contributed by atoms with E-state index in [1.807, 2.05) is 36.1 Å². The predicted molar refractivity (Wildman–Crippen MR) is 105 cm³/mol. The Morgan fingerprint density at radius 2 is 2.15 bits per heavy atom. The quantitative estimate of drug-likeness (QED) is 0.717. The van der Waals surface area contributed by atoms with Crippen LogP contribution in [0.25, 0.3) is 0 Å². The molecule has 0 radical (unpaired) electrons. The second kappa shape index (κ2) is 8.35. The molecule has 1 fully saturated rings. The van der Waals surface area contributed by atoms with Crippen molar-refractivity contribution in [3.05, 3.63) is 35.1 Å². The smallest absolute Gasteiger partial charge is 0.310 e. The summed E-state index contributed by atoms with van der Waals surface area (Å²) in [5, 5.41) is 3.22. The first-order chi connectivity index (χ1) is 12.6. The Labute approximate surface area is 161 Å². The van der Waals surface area contributed by atoms with E-state index >= 15 is 0 Å². The molecule has 3 N–H and O–H groups in total. The van der Waals surface area contributed by atoms with Gasteiger partial charge in [-0.15, -0.1) is 0 Å². The molecule has 1 aliphatic rings. The summed E-state index contributed by atoms with van der Waals surface area (Å²) in [7, 11) is 0. The van der Waals surface area contributed by atoms with Gasteiger partial charge in [0.05, 0.1) is 12.5 Å². The van der Waals surface area contributed by atoms with Crippen molar-refractivity contribution in [3.8, 4) is 0 Å². The van der Waals surface area contributed by atoms with Gasteiger partial charge in [0.15, 0.2) is 11.6 Å². The highest BCUT2D eigenvalue weighted by Gasteiger charge is 2.29. The Bertz CT molecular complexity index is 769. The largest absolute Gasteiger partial charge is 0.466 e. The van der Waals surface area contributed by atoms with Gasteiger partial charge in [0.25, 0.3) is 0 Å². The maximum Gasteiger partial charge on any atom is 0.310 e. The van der Waals surface area contributed by atoms with Gasteiger partial charge in [-0.25, -0.2) is 9.97 Å². The molecule has 1 aromatic carbocycles. The average molecular weight is 420 g/mol. The number of aromatic nitrogens is 2. The molecule has 1 unspecified atom stereocenters. The fourth-order valence-corrected chi connectivity index (χ4v) is 3.29. The number of anilines is 4. The first-order valence-electron chi connectivity index (χ1n) is 8.63. The SMILES string of the molecule is CCOC(=O)C1CCCN(c2ncnc(Nc3ccc(Br)cc3)c2N)C1. The summed E-state index contributed by atoms with van der Waals surface area (Å²) in [6.07, 6.45) is 3.20. The zero-order chi connectivity index (χ0) is 18.5. The molecule has 0 bridgehead atoms. The molecule has 0 aliphatic carbocycles. The number of piperidine rings is 1. The fourth-order valence-electron chi connectivity index (χ4n) is 3.03. The molecule has 2 aromatic rings. The third-order valence-corrected chi connectivity index (χ3v) is 4.84. The molecule has 1 atom stereocenters. The summed E-state index contributed by atoms with van der Waals surface area (Å²) in [6, 6.07) is 7.75. The topological polar surface area (TPSA) is 93.4 Å². The van der Waals surface area contributed by atoms with E-state index in [1.54, 1.807) is 0 Å². The van der Waals surface area contributed by atoms with Gasteiger partial charge in [0.1, 0.15) is 12.0 Å². The van der Waals surface area contributed by atoms with E-state index in [9.17, 15) is 4.79 Å². The van der Waals surface area contributed by atoms with Crippen LogP contribution in [0.15, 0.2) is 35.1 Å². The van der Waals surface area contributed by atoms with Crippen LogP contribution >= 0.6 is 15.9 Å². The Hall–Kier alpha value is -2.35. The fraction of sp³-hybridized carbons (Fsp3) is 0.389. The number of carbonyl (C=O) groups is 1. The summed E-state index contributed by atoms with van der Waals surface area (Å²) in [6.45, 7) is 3.57. The standard InChI is InChI=1S/C18H22BrN5O2/c1-2-26-18(25)12-4-3-9-24(10-12)17-15(20)16(21-11-22-17)23-14-7-5-13(19)6-8-14/h5-8,11-12H,2-4,9-10,20H2,1H3,(H,21,22,23). The number of halogens is 1. The highest BCUT2D eigenvalue weighted by molar-refractivity contribution is 9.10. The van der Waals surface area contributed by atoms with Gasteiger partial charge in [-0.1, -0.05) is 15.9 Å². The molecule has 1 saturated heterocycles. The van der Waals surface area contributed by atoms with Crippen LogP contribution in [-0.4, -0.2) is 35.6 Å². The number of hydrogen-bond acceptors (Lipinski definition) is 7. The summed E-state index contributed by atoms with van der Waals surface area (Å²) in [4.78, 5) is 22.7. The van der Waals surface area contributed by atoms with Gasteiger partial charge < -0.3 is 20.7 Å². The maximum absolute atomic E-state index is 12.1. The molecular formula is C18H22BrN5O2. The monoisotopic (exact) mass is 419 g/mol. The van der Waals surface area contributed by atoms with Gasteiger partial charge in [-0.05, 0) is 44.0 Å². The first kappa shape index (κ1) is 18.4. The van der Waals surface area contributed by atoms with Crippen LogP contribution in [0.3, 0.4) is 0 Å². The number of benzene rings is 1. The van der Waals surface area contributed by atoms with Crippen LogP contribution in [0.5, 0.6) is 0 Å². The second-order valence-electron chi connectivity index (χ2n) is 6.13. The molecule has 8 heteroatoms. The summed E-state index contributed by atoms with van der Waals surface area (Å²) >= 11 is 3.41. The Balaban J connectivity index is 1.78. The van der Waals surface area contributed by atoms with Gasteiger partial charge in [-0.2, -0.15) is 0 Å². The van der Waals surface area contributed by atoms with E-state index in [-0.39, 0.29) is 11.9 Å².